The van der Waals surface area contributed by atoms with Crippen molar-refractivity contribution in [3.63, 3.8) is 0 Å². The quantitative estimate of drug-likeness (QED) is 0.854. The summed E-state index contributed by atoms with van der Waals surface area (Å²) < 4.78 is 25.6. The number of alkyl halides is 2. The number of nitrogens with two attached hydrogens (primary N) is 1. The molecule has 0 aliphatic carbocycles. The summed E-state index contributed by atoms with van der Waals surface area (Å²) in [6, 6.07) is 4.70. The first-order valence-electron chi connectivity index (χ1n) is 4.67. The first kappa shape index (κ1) is 11.7. The van der Waals surface area contributed by atoms with E-state index < -0.39 is 13.0 Å². The number of rotatable bonds is 3. The molecule has 0 saturated carbocycles. The minimum absolute atomic E-state index is 0.190. The maximum absolute atomic E-state index is 12.3. The van der Waals surface area contributed by atoms with Crippen LogP contribution in [0.1, 0.15) is 0 Å². The standard InChI is InChI=1S/C9H8ClF2N5/c10-7-3-5(13)1-2-6(7)9-14-15-16-17(9)4-8(11)12/h1-3,8H,4,13H2. The lowest BCUT2D eigenvalue weighted by Crippen LogP contribution is -2.10. The van der Waals surface area contributed by atoms with Crippen molar-refractivity contribution in [2.24, 2.45) is 0 Å². The van der Waals surface area contributed by atoms with Gasteiger partial charge in [0.05, 0.1) is 5.02 Å². The summed E-state index contributed by atoms with van der Waals surface area (Å²) in [5, 5.41) is 10.8. The molecule has 0 bridgehead atoms. The van der Waals surface area contributed by atoms with Gasteiger partial charge in [-0.25, -0.2) is 13.5 Å². The number of nitrogen functional groups attached to an aromatic ring is 1. The third kappa shape index (κ3) is 2.50. The predicted molar refractivity (Wildman–Crippen MR) is 58.7 cm³/mol. The first-order chi connectivity index (χ1) is 8.08. The molecule has 0 aliphatic heterocycles. The number of hydrogen-bond acceptors (Lipinski definition) is 4. The van der Waals surface area contributed by atoms with E-state index in [-0.39, 0.29) is 5.82 Å². The molecule has 0 spiro atoms. The summed E-state index contributed by atoms with van der Waals surface area (Å²) in [6.45, 7) is -0.580. The Bertz CT molecular complexity index is 528. The van der Waals surface area contributed by atoms with E-state index in [0.29, 0.717) is 16.3 Å². The topological polar surface area (TPSA) is 69.6 Å². The molecular formula is C9H8ClF2N5. The van der Waals surface area contributed by atoms with Gasteiger partial charge in [-0.1, -0.05) is 11.6 Å². The molecule has 0 fully saturated rings. The van der Waals surface area contributed by atoms with Crippen LogP contribution in [0.25, 0.3) is 11.4 Å². The van der Waals surface area contributed by atoms with E-state index in [4.69, 9.17) is 17.3 Å². The van der Waals surface area contributed by atoms with Crippen LogP contribution in [0.2, 0.25) is 5.02 Å². The normalized spacial score (nSPS) is 11.1. The summed E-state index contributed by atoms with van der Waals surface area (Å²) in [6.07, 6.45) is -2.54. The van der Waals surface area contributed by atoms with Crippen molar-refractivity contribution >= 4 is 17.3 Å². The Morgan fingerprint density at radius 1 is 1.41 bits per heavy atom. The van der Waals surface area contributed by atoms with Gasteiger partial charge >= 0.3 is 0 Å². The molecule has 0 unspecified atom stereocenters. The van der Waals surface area contributed by atoms with E-state index in [1.54, 1.807) is 12.1 Å². The van der Waals surface area contributed by atoms with Gasteiger partial charge in [0.1, 0.15) is 6.54 Å². The van der Waals surface area contributed by atoms with Gasteiger partial charge in [0.2, 0.25) is 0 Å². The fraction of sp³-hybridized carbons (Fsp3) is 0.222. The molecule has 0 amide bonds. The number of nitrogens with zero attached hydrogens (tertiary/aromatic N) is 4. The molecule has 2 rings (SSSR count). The maximum atomic E-state index is 12.3. The van der Waals surface area contributed by atoms with E-state index in [1.807, 2.05) is 0 Å². The molecule has 2 aromatic rings. The van der Waals surface area contributed by atoms with Gasteiger partial charge in [-0.3, -0.25) is 0 Å². The summed E-state index contributed by atoms with van der Waals surface area (Å²) in [7, 11) is 0. The Labute approximate surface area is 100 Å². The highest BCUT2D eigenvalue weighted by atomic mass is 35.5. The van der Waals surface area contributed by atoms with Gasteiger partial charge in [0.15, 0.2) is 5.82 Å². The monoisotopic (exact) mass is 259 g/mol. The van der Waals surface area contributed by atoms with Crippen LogP contribution in [0.3, 0.4) is 0 Å². The minimum atomic E-state index is -2.54. The zero-order valence-corrected chi connectivity index (χ0v) is 9.27. The summed E-state index contributed by atoms with van der Waals surface area (Å²) in [5.41, 5.74) is 6.48. The average molecular weight is 260 g/mol. The molecule has 1 heterocycles. The molecule has 0 radical (unpaired) electrons. The Kier molecular flexibility index (Phi) is 3.19. The smallest absolute Gasteiger partial charge is 0.258 e. The third-order valence-electron chi connectivity index (χ3n) is 2.08. The van der Waals surface area contributed by atoms with Crippen LogP contribution in [0, 0.1) is 0 Å². The maximum Gasteiger partial charge on any atom is 0.258 e. The zero-order chi connectivity index (χ0) is 12.4. The fourth-order valence-electron chi connectivity index (χ4n) is 1.36. The minimum Gasteiger partial charge on any atom is -0.399 e. The fourth-order valence-corrected chi connectivity index (χ4v) is 1.64. The highest BCUT2D eigenvalue weighted by molar-refractivity contribution is 6.33. The van der Waals surface area contributed by atoms with Crippen LogP contribution in [0.5, 0.6) is 0 Å². The Balaban J connectivity index is 2.42. The van der Waals surface area contributed by atoms with Crippen LogP contribution in [0.4, 0.5) is 14.5 Å². The van der Waals surface area contributed by atoms with Crippen molar-refractivity contribution in [1.82, 2.24) is 20.2 Å². The molecule has 17 heavy (non-hydrogen) atoms. The van der Waals surface area contributed by atoms with Crippen LogP contribution in [-0.2, 0) is 6.54 Å². The van der Waals surface area contributed by atoms with Crippen molar-refractivity contribution in [1.29, 1.82) is 0 Å². The van der Waals surface area contributed by atoms with Crippen molar-refractivity contribution < 1.29 is 8.78 Å². The summed E-state index contributed by atoms with van der Waals surface area (Å²) in [4.78, 5) is 0. The number of tetrazole rings is 1. The van der Waals surface area contributed by atoms with E-state index >= 15 is 0 Å². The largest absolute Gasteiger partial charge is 0.399 e. The van der Waals surface area contributed by atoms with Gasteiger partial charge in [0, 0.05) is 11.3 Å². The number of hydrogen-bond donors (Lipinski definition) is 1. The second-order valence-electron chi connectivity index (χ2n) is 3.31. The highest BCUT2D eigenvalue weighted by Crippen LogP contribution is 2.27. The zero-order valence-electron chi connectivity index (χ0n) is 8.52. The highest BCUT2D eigenvalue weighted by Gasteiger charge is 2.15. The number of halogens is 3. The van der Waals surface area contributed by atoms with E-state index in [0.717, 1.165) is 4.68 Å². The first-order valence-corrected chi connectivity index (χ1v) is 5.05. The van der Waals surface area contributed by atoms with Gasteiger partial charge in [0.25, 0.3) is 6.43 Å². The van der Waals surface area contributed by atoms with E-state index in [2.05, 4.69) is 15.5 Å². The lowest BCUT2D eigenvalue weighted by Gasteiger charge is -2.06. The van der Waals surface area contributed by atoms with Gasteiger partial charge in [-0.15, -0.1) is 5.10 Å². The van der Waals surface area contributed by atoms with Crippen LogP contribution in [0.15, 0.2) is 18.2 Å². The van der Waals surface area contributed by atoms with Crippen molar-refractivity contribution in [3.8, 4) is 11.4 Å². The molecular weight excluding hydrogens is 252 g/mol. The van der Waals surface area contributed by atoms with Gasteiger partial charge in [-0.2, -0.15) is 0 Å². The SMILES string of the molecule is Nc1ccc(-c2nnnn2CC(F)F)c(Cl)c1. The average Bonchev–Trinajstić information content (AvgIpc) is 2.65. The Morgan fingerprint density at radius 3 is 2.82 bits per heavy atom. The second-order valence-corrected chi connectivity index (χ2v) is 3.72. The van der Waals surface area contributed by atoms with E-state index in [9.17, 15) is 8.78 Å². The molecule has 2 N–H and O–H groups in total. The summed E-state index contributed by atoms with van der Waals surface area (Å²) >= 11 is 5.95. The number of aromatic nitrogens is 4. The van der Waals surface area contributed by atoms with Crippen molar-refractivity contribution in [3.05, 3.63) is 23.2 Å². The van der Waals surface area contributed by atoms with E-state index in [1.165, 1.54) is 6.07 Å². The van der Waals surface area contributed by atoms with Crippen LogP contribution in [-0.4, -0.2) is 26.6 Å². The van der Waals surface area contributed by atoms with Crippen molar-refractivity contribution in [2.75, 3.05) is 5.73 Å². The second kappa shape index (κ2) is 4.62. The van der Waals surface area contributed by atoms with Gasteiger partial charge in [-0.05, 0) is 28.6 Å². The molecule has 0 atom stereocenters. The Morgan fingerprint density at radius 2 is 2.18 bits per heavy atom. The summed E-state index contributed by atoms with van der Waals surface area (Å²) in [5.74, 6) is 0.190. The molecule has 0 aliphatic rings. The molecule has 5 nitrogen and oxygen atoms in total. The molecule has 90 valence electrons. The lowest BCUT2D eigenvalue weighted by atomic mass is 10.2. The predicted octanol–water partition coefficient (Wildman–Crippen LogP) is 1.84. The molecule has 8 heteroatoms. The van der Waals surface area contributed by atoms with Crippen LogP contribution >= 0.6 is 11.6 Å². The number of benzene rings is 1. The molecule has 0 saturated heterocycles. The third-order valence-corrected chi connectivity index (χ3v) is 2.39. The molecule has 1 aromatic carbocycles. The van der Waals surface area contributed by atoms with Crippen LogP contribution < -0.4 is 5.73 Å². The lowest BCUT2D eigenvalue weighted by molar-refractivity contribution is 0.121. The molecule has 1 aromatic heterocycles. The Hall–Kier alpha value is -1.76. The number of anilines is 1. The van der Waals surface area contributed by atoms with Gasteiger partial charge < -0.3 is 5.73 Å². The van der Waals surface area contributed by atoms with Crippen molar-refractivity contribution in [2.45, 2.75) is 13.0 Å².